The molecule has 3 heteroatoms. The summed E-state index contributed by atoms with van der Waals surface area (Å²) in [4.78, 5) is 0. The third kappa shape index (κ3) is 4.90. The van der Waals surface area contributed by atoms with Crippen LogP contribution < -0.4 is 14.2 Å². The molecule has 0 N–H and O–H groups in total. The zero-order valence-corrected chi connectivity index (χ0v) is 15.0. The summed E-state index contributed by atoms with van der Waals surface area (Å²) in [6.45, 7) is 2.62. The van der Waals surface area contributed by atoms with Crippen molar-refractivity contribution in [1.82, 2.24) is 0 Å². The van der Waals surface area contributed by atoms with Crippen LogP contribution in [-0.4, -0.2) is 13.7 Å². The zero-order valence-electron chi connectivity index (χ0n) is 15.0. The first kappa shape index (κ1) is 17.6. The summed E-state index contributed by atoms with van der Waals surface area (Å²) in [5, 5.41) is 0. The molecule has 0 bridgehead atoms. The monoisotopic (exact) mass is 346 g/mol. The second-order valence-electron chi connectivity index (χ2n) is 5.81. The highest BCUT2D eigenvalue weighted by Crippen LogP contribution is 2.25. The van der Waals surface area contributed by atoms with Crippen LogP contribution >= 0.6 is 0 Å². The zero-order chi connectivity index (χ0) is 18.2. The van der Waals surface area contributed by atoms with Crippen molar-refractivity contribution in [3.05, 3.63) is 90.5 Å². The first-order chi connectivity index (χ1) is 12.7. The Balaban J connectivity index is 1.58. The second-order valence-corrected chi connectivity index (χ2v) is 5.81. The Kier molecular flexibility index (Phi) is 5.94. The van der Waals surface area contributed by atoms with Gasteiger partial charge in [-0.05, 0) is 72.7 Å². The van der Waals surface area contributed by atoms with E-state index in [1.807, 2.05) is 78.9 Å². The van der Waals surface area contributed by atoms with Gasteiger partial charge in [0.1, 0.15) is 29.6 Å². The number of rotatable bonds is 7. The molecule has 0 aliphatic heterocycles. The Morgan fingerprint density at radius 2 is 1.31 bits per heavy atom. The molecular formula is C23H22O3. The molecule has 0 aliphatic rings. The molecule has 0 unspecified atom stereocenters. The van der Waals surface area contributed by atoms with Gasteiger partial charge in [0.15, 0.2) is 0 Å². The number of methoxy groups -OCH3 is 1. The summed E-state index contributed by atoms with van der Waals surface area (Å²) < 4.78 is 16.7. The molecule has 0 saturated heterocycles. The predicted octanol–water partition coefficient (Wildman–Crippen LogP) is 5.97. The molecular weight excluding hydrogens is 324 g/mol. The molecule has 0 aromatic heterocycles. The lowest BCUT2D eigenvalue weighted by atomic mass is 10.1. The summed E-state index contributed by atoms with van der Waals surface area (Å²) in [6.07, 6.45) is 2.08. The molecule has 3 aromatic rings. The lowest BCUT2D eigenvalue weighted by Crippen LogP contribution is -1.94. The summed E-state index contributed by atoms with van der Waals surface area (Å²) >= 11 is 0. The lowest BCUT2D eigenvalue weighted by Gasteiger charge is -2.08. The first-order valence-corrected chi connectivity index (χ1v) is 8.51. The molecule has 0 atom stereocenters. The topological polar surface area (TPSA) is 27.7 Å². The van der Waals surface area contributed by atoms with E-state index in [9.17, 15) is 0 Å². The van der Waals surface area contributed by atoms with Crippen molar-refractivity contribution in [2.45, 2.75) is 6.92 Å². The molecule has 0 heterocycles. The van der Waals surface area contributed by atoms with Crippen molar-refractivity contribution in [1.29, 1.82) is 0 Å². The van der Waals surface area contributed by atoms with Crippen LogP contribution in [0.2, 0.25) is 0 Å². The molecule has 0 radical (unpaired) electrons. The Morgan fingerprint density at radius 1 is 0.731 bits per heavy atom. The van der Waals surface area contributed by atoms with Crippen LogP contribution in [0.5, 0.6) is 23.0 Å². The molecule has 3 aromatic carbocycles. The fourth-order valence-corrected chi connectivity index (χ4v) is 2.46. The molecule has 0 aliphatic carbocycles. The summed E-state index contributed by atoms with van der Waals surface area (Å²) in [6, 6.07) is 25.4. The average Bonchev–Trinajstić information content (AvgIpc) is 2.70. The number of benzene rings is 3. The minimum absolute atomic E-state index is 0.542. The number of hydrogen-bond donors (Lipinski definition) is 0. The molecule has 0 saturated carbocycles. The molecule has 3 rings (SSSR count). The highest BCUT2D eigenvalue weighted by Gasteiger charge is 2.00. The van der Waals surface area contributed by atoms with Crippen molar-refractivity contribution in [3.8, 4) is 23.0 Å². The van der Waals surface area contributed by atoms with E-state index in [-0.39, 0.29) is 0 Å². The quantitative estimate of drug-likeness (QED) is 0.527. The lowest BCUT2D eigenvalue weighted by molar-refractivity contribution is 0.363. The number of hydrogen-bond acceptors (Lipinski definition) is 3. The second kappa shape index (κ2) is 8.77. The molecule has 0 spiro atoms. The van der Waals surface area contributed by atoms with Gasteiger partial charge in [-0.2, -0.15) is 0 Å². The van der Waals surface area contributed by atoms with E-state index in [2.05, 4.69) is 13.0 Å². The molecule has 3 nitrogen and oxygen atoms in total. The maximum atomic E-state index is 5.85. The first-order valence-electron chi connectivity index (χ1n) is 8.51. The number of para-hydroxylation sites is 1. The van der Waals surface area contributed by atoms with Crippen LogP contribution in [0, 0.1) is 0 Å². The number of allylic oxidation sites excluding steroid dienone is 1. The van der Waals surface area contributed by atoms with Crippen LogP contribution in [0.4, 0.5) is 0 Å². The van der Waals surface area contributed by atoms with Gasteiger partial charge >= 0.3 is 0 Å². The van der Waals surface area contributed by atoms with Gasteiger partial charge in [0.2, 0.25) is 0 Å². The van der Waals surface area contributed by atoms with Gasteiger partial charge in [0.25, 0.3) is 0 Å². The van der Waals surface area contributed by atoms with E-state index < -0.39 is 0 Å². The summed E-state index contributed by atoms with van der Waals surface area (Å²) in [5.41, 5.74) is 2.31. The molecule has 0 fully saturated rings. The van der Waals surface area contributed by atoms with Gasteiger partial charge in [0.05, 0.1) is 7.11 Å². The number of ether oxygens (including phenoxy) is 3. The largest absolute Gasteiger partial charge is 0.497 e. The maximum Gasteiger partial charge on any atom is 0.127 e. The predicted molar refractivity (Wildman–Crippen MR) is 105 cm³/mol. The van der Waals surface area contributed by atoms with E-state index in [1.165, 1.54) is 0 Å². The Morgan fingerprint density at radius 3 is 1.92 bits per heavy atom. The van der Waals surface area contributed by atoms with E-state index in [0.717, 1.165) is 34.1 Å². The molecule has 132 valence electrons. The normalized spacial score (nSPS) is 11.1. The summed E-state index contributed by atoms with van der Waals surface area (Å²) in [7, 11) is 1.65. The van der Waals surface area contributed by atoms with E-state index in [0.29, 0.717) is 6.61 Å². The SMILES string of the molecule is COc1ccc(Oc2ccc(C(C)=CCOc3ccccc3)cc2)cc1. The highest BCUT2D eigenvalue weighted by atomic mass is 16.5. The highest BCUT2D eigenvalue weighted by molar-refractivity contribution is 5.64. The van der Waals surface area contributed by atoms with E-state index in [1.54, 1.807) is 7.11 Å². The fraction of sp³-hybridized carbons (Fsp3) is 0.130. The van der Waals surface area contributed by atoms with Crippen LogP contribution in [0.15, 0.2) is 84.9 Å². The van der Waals surface area contributed by atoms with Gasteiger partial charge in [-0.1, -0.05) is 30.3 Å². The third-order valence-electron chi connectivity index (χ3n) is 3.99. The Hall–Kier alpha value is -3.20. The van der Waals surface area contributed by atoms with Gasteiger partial charge in [-0.25, -0.2) is 0 Å². The van der Waals surface area contributed by atoms with Crippen LogP contribution in [0.1, 0.15) is 12.5 Å². The van der Waals surface area contributed by atoms with Gasteiger partial charge in [-0.15, -0.1) is 0 Å². The summed E-state index contributed by atoms with van der Waals surface area (Å²) in [5.74, 6) is 3.26. The van der Waals surface area contributed by atoms with Crippen molar-refractivity contribution in [3.63, 3.8) is 0 Å². The van der Waals surface area contributed by atoms with E-state index in [4.69, 9.17) is 14.2 Å². The minimum Gasteiger partial charge on any atom is -0.497 e. The van der Waals surface area contributed by atoms with Crippen LogP contribution in [-0.2, 0) is 0 Å². The molecule has 0 amide bonds. The van der Waals surface area contributed by atoms with Crippen molar-refractivity contribution >= 4 is 5.57 Å². The van der Waals surface area contributed by atoms with Gasteiger partial charge in [-0.3, -0.25) is 0 Å². The van der Waals surface area contributed by atoms with Crippen LogP contribution in [0.25, 0.3) is 5.57 Å². The van der Waals surface area contributed by atoms with Crippen molar-refractivity contribution in [2.75, 3.05) is 13.7 Å². The van der Waals surface area contributed by atoms with E-state index >= 15 is 0 Å². The smallest absolute Gasteiger partial charge is 0.127 e. The van der Waals surface area contributed by atoms with Gasteiger partial charge in [0, 0.05) is 0 Å². The standard InChI is InChI=1S/C23H22O3/c1-18(16-17-25-21-6-4-3-5-7-21)19-8-10-22(11-9-19)26-23-14-12-20(24-2)13-15-23/h3-16H,17H2,1-2H3. The Bertz CT molecular complexity index is 835. The average molecular weight is 346 g/mol. The maximum absolute atomic E-state index is 5.85. The minimum atomic E-state index is 0.542. The van der Waals surface area contributed by atoms with Crippen molar-refractivity contribution < 1.29 is 14.2 Å². The Labute approximate surface area is 154 Å². The fourth-order valence-electron chi connectivity index (χ4n) is 2.46. The van der Waals surface area contributed by atoms with Crippen LogP contribution in [0.3, 0.4) is 0 Å². The van der Waals surface area contributed by atoms with Gasteiger partial charge < -0.3 is 14.2 Å². The van der Waals surface area contributed by atoms with Crippen molar-refractivity contribution in [2.24, 2.45) is 0 Å². The third-order valence-corrected chi connectivity index (χ3v) is 3.99. The molecule has 26 heavy (non-hydrogen) atoms.